The Bertz CT molecular complexity index is 565. The van der Waals surface area contributed by atoms with E-state index in [2.05, 4.69) is 15.4 Å². The van der Waals surface area contributed by atoms with Crippen LogP contribution in [0.3, 0.4) is 0 Å². The van der Waals surface area contributed by atoms with Crippen LogP contribution in [0.25, 0.3) is 5.69 Å². The molecule has 2 unspecified atom stereocenters. The summed E-state index contributed by atoms with van der Waals surface area (Å²) in [4.78, 5) is 14.8. The Balaban J connectivity index is 1.75. The fourth-order valence-electron chi connectivity index (χ4n) is 2.38. The zero-order valence-electron chi connectivity index (χ0n) is 10.2. The Morgan fingerprint density at radius 3 is 2.74 bits per heavy atom. The van der Waals surface area contributed by atoms with Crippen LogP contribution in [0.5, 0.6) is 0 Å². The Hall–Kier alpha value is -2.21. The maximum absolute atomic E-state index is 10.9. The van der Waals surface area contributed by atoms with Gasteiger partial charge in [-0.15, -0.1) is 0 Å². The van der Waals surface area contributed by atoms with Gasteiger partial charge in [0.25, 0.3) is 0 Å². The van der Waals surface area contributed by atoms with Crippen LogP contribution in [0.15, 0.2) is 36.9 Å². The van der Waals surface area contributed by atoms with Gasteiger partial charge in [-0.25, -0.2) is 9.67 Å². The van der Waals surface area contributed by atoms with E-state index in [4.69, 9.17) is 5.11 Å². The monoisotopic (exact) mass is 258 g/mol. The van der Waals surface area contributed by atoms with E-state index in [1.165, 1.54) is 6.33 Å². The Morgan fingerprint density at radius 1 is 1.37 bits per heavy atom. The molecule has 0 amide bonds. The van der Waals surface area contributed by atoms with Crippen molar-refractivity contribution in [1.29, 1.82) is 0 Å². The molecule has 1 aliphatic heterocycles. The van der Waals surface area contributed by atoms with Crippen molar-refractivity contribution >= 4 is 5.97 Å². The largest absolute Gasteiger partial charge is 0.481 e. The van der Waals surface area contributed by atoms with Crippen molar-refractivity contribution in [2.24, 2.45) is 5.92 Å². The second-order valence-electron chi connectivity index (χ2n) is 4.66. The van der Waals surface area contributed by atoms with Gasteiger partial charge in [-0.3, -0.25) is 4.79 Å². The van der Waals surface area contributed by atoms with Crippen molar-refractivity contribution in [3.63, 3.8) is 0 Å². The van der Waals surface area contributed by atoms with Gasteiger partial charge in [-0.05, 0) is 24.1 Å². The number of rotatable bonds is 3. The highest BCUT2D eigenvalue weighted by molar-refractivity contribution is 5.70. The quantitative estimate of drug-likeness (QED) is 0.858. The minimum absolute atomic E-state index is 0.117. The average molecular weight is 258 g/mol. The third-order valence-electron chi connectivity index (χ3n) is 3.46. The lowest BCUT2D eigenvalue weighted by molar-refractivity contribution is -0.141. The molecule has 6 heteroatoms. The number of aliphatic carboxylic acids is 1. The van der Waals surface area contributed by atoms with Crippen molar-refractivity contribution in [2.45, 2.75) is 12.5 Å². The third-order valence-corrected chi connectivity index (χ3v) is 3.46. The van der Waals surface area contributed by atoms with Gasteiger partial charge in [0.2, 0.25) is 0 Å². The summed E-state index contributed by atoms with van der Waals surface area (Å²) in [7, 11) is 0. The summed E-state index contributed by atoms with van der Waals surface area (Å²) in [6.45, 7) is 0.533. The normalized spacial score (nSPS) is 22.5. The van der Waals surface area contributed by atoms with Crippen LogP contribution in [0.1, 0.15) is 18.0 Å². The van der Waals surface area contributed by atoms with Gasteiger partial charge in [-0.1, -0.05) is 12.1 Å². The van der Waals surface area contributed by atoms with E-state index in [9.17, 15) is 4.79 Å². The molecule has 1 aromatic heterocycles. The summed E-state index contributed by atoms with van der Waals surface area (Å²) in [6.07, 6.45) is 3.77. The van der Waals surface area contributed by atoms with E-state index in [1.807, 2.05) is 24.3 Å². The van der Waals surface area contributed by atoms with Gasteiger partial charge >= 0.3 is 5.97 Å². The number of nitrogens with zero attached hydrogens (tertiary/aromatic N) is 3. The van der Waals surface area contributed by atoms with E-state index in [0.717, 1.165) is 11.3 Å². The molecule has 0 spiro atoms. The molecular weight excluding hydrogens is 244 g/mol. The number of hydrogen-bond acceptors (Lipinski definition) is 4. The highest BCUT2D eigenvalue weighted by atomic mass is 16.4. The minimum Gasteiger partial charge on any atom is -0.481 e. The molecule has 6 nitrogen and oxygen atoms in total. The molecule has 1 saturated heterocycles. The zero-order valence-corrected chi connectivity index (χ0v) is 10.2. The lowest BCUT2D eigenvalue weighted by atomic mass is 10.00. The maximum Gasteiger partial charge on any atom is 0.307 e. The highest BCUT2D eigenvalue weighted by Crippen LogP contribution is 2.27. The van der Waals surface area contributed by atoms with Crippen LogP contribution in [0.4, 0.5) is 0 Å². The van der Waals surface area contributed by atoms with Crippen LogP contribution in [-0.4, -0.2) is 32.4 Å². The first kappa shape index (κ1) is 11.9. The van der Waals surface area contributed by atoms with Crippen molar-refractivity contribution in [2.75, 3.05) is 6.54 Å². The Morgan fingerprint density at radius 2 is 2.16 bits per heavy atom. The summed E-state index contributed by atoms with van der Waals surface area (Å²) in [5, 5.41) is 16.3. The number of benzene rings is 1. The first-order valence-electron chi connectivity index (χ1n) is 6.15. The van der Waals surface area contributed by atoms with Crippen LogP contribution in [0.2, 0.25) is 0 Å². The van der Waals surface area contributed by atoms with E-state index in [-0.39, 0.29) is 12.0 Å². The molecule has 2 atom stereocenters. The second kappa shape index (κ2) is 4.81. The smallest absolute Gasteiger partial charge is 0.307 e. The van der Waals surface area contributed by atoms with Gasteiger partial charge in [0.05, 0.1) is 11.6 Å². The number of carboxylic acids is 1. The molecule has 0 aliphatic carbocycles. The van der Waals surface area contributed by atoms with E-state index < -0.39 is 5.97 Å². The first-order valence-corrected chi connectivity index (χ1v) is 6.15. The lowest BCUT2D eigenvalue weighted by Gasteiger charge is -2.11. The summed E-state index contributed by atoms with van der Waals surface area (Å²) in [5.41, 5.74) is 2.04. The van der Waals surface area contributed by atoms with E-state index in [1.54, 1.807) is 11.0 Å². The molecule has 98 valence electrons. The topological polar surface area (TPSA) is 80.0 Å². The standard InChI is InChI=1S/C13H14N4O2/c18-13(19)10-5-12(15-6-10)9-1-3-11(4-2-9)17-8-14-7-16-17/h1-4,7-8,10,12,15H,5-6H2,(H,18,19). The summed E-state index contributed by atoms with van der Waals surface area (Å²) in [5.74, 6) is -1.02. The Labute approximate surface area is 110 Å². The van der Waals surface area contributed by atoms with Crippen LogP contribution in [-0.2, 0) is 4.79 Å². The van der Waals surface area contributed by atoms with Crippen molar-refractivity contribution < 1.29 is 9.90 Å². The zero-order chi connectivity index (χ0) is 13.2. The number of aromatic nitrogens is 3. The fourth-order valence-corrected chi connectivity index (χ4v) is 2.38. The van der Waals surface area contributed by atoms with Gasteiger partial charge in [0.1, 0.15) is 12.7 Å². The Kier molecular flexibility index (Phi) is 3.00. The van der Waals surface area contributed by atoms with Gasteiger partial charge in [0, 0.05) is 12.6 Å². The van der Waals surface area contributed by atoms with Crippen molar-refractivity contribution in [3.8, 4) is 5.69 Å². The lowest BCUT2D eigenvalue weighted by Crippen LogP contribution is -2.17. The summed E-state index contributed by atoms with van der Waals surface area (Å²) >= 11 is 0. The van der Waals surface area contributed by atoms with Crippen LogP contribution < -0.4 is 5.32 Å². The number of carboxylic acid groups (broad SMARTS) is 1. The molecule has 2 heterocycles. The molecule has 3 rings (SSSR count). The molecule has 0 saturated carbocycles. The molecule has 0 radical (unpaired) electrons. The van der Waals surface area contributed by atoms with Gasteiger partial charge in [-0.2, -0.15) is 5.10 Å². The predicted octanol–water partition coefficient (Wildman–Crippen LogP) is 1.00. The molecule has 0 bridgehead atoms. The molecule has 1 aromatic carbocycles. The van der Waals surface area contributed by atoms with Crippen molar-refractivity contribution in [1.82, 2.24) is 20.1 Å². The molecular formula is C13H14N4O2. The molecule has 19 heavy (non-hydrogen) atoms. The number of carbonyl (C=O) groups is 1. The van der Waals surface area contributed by atoms with E-state index >= 15 is 0 Å². The first-order chi connectivity index (χ1) is 9.24. The SMILES string of the molecule is O=C(O)C1CNC(c2ccc(-n3cncn3)cc2)C1. The van der Waals surface area contributed by atoms with Crippen LogP contribution >= 0.6 is 0 Å². The third kappa shape index (κ3) is 2.34. The number of nitrogens with one attached hydrogen (secondary N) is 1. The fraction of sp³-hybridized carbons (Fsp3) is 0.308. The molecule has 2 aromatic rings. The summed E-state index contributed by atoms with van der Waals surface area (Å²) in [6, 6.07) is 8.03. The van der Waals surface area contributed by atoms with E-state index in [0.29, 0.717) is 13.0 Å². The maximum atomic E-state index is 10.9. The minimum atomic E-state index is -0.728. The molecule has 2 N–H and O–H groups in total. The molecule has 1 fully saturated rings. The predicted molar refractivity (Wildman–Crippen MR) is 67.8 cm³/mol. The van der Waals surface area contributed by atoms with Gasteiger partial charge < -0.3 is 10.4 Å². The van der Waals surface area contributed by atoms with Gasteiger partial charge in [0.15, 0.2) is 0 Å². The molecule has 1 aliphatic rings. The summed E-state index contributed by atoms with van der Waals surface area (Å²) < 4.78 is 1.69. The van der Waals surface area contributed by atoms with Crippen molar-refractivity contribution in [3.05, 3.63) is 42.5 Å². The van der Waals surface area contributed by atoms with Crippen LogP contribution in [0, 0.1) is 5.92 Å². The number of hydrogen-bond donors (Lipinski definition) is 2. The second-order valence-corrected chi connectivity index (χ2v) is 4.66. The highest BCUT2D eigenvalue weighted by Gasteiger charge is 2.29. The average Bonchev–Trinajstić information content (AvgIpc) is 3.11.